The normalized spacial score (nSPS) is 11.0. The number of hydrogen-bond donors (Lipinski definition) is 1. The fourth-order valence-corrected chi connectivity index (χ4v) is 3.62. The Morgan fingerprint density at radius 1 is 1.20 bits per heavy atom. The van der Waals surface area contributed by atoms with Gasteiger partial charge >= 0.3 is 0 Å². The molecule has 0 saturated heterocycles. The van der Waals surface area contributed by atoms with E-state index in [1.54, 1.807) is 35.3 Å². The highest BCUT2D eigenvalue weighted by Crippen LogP contribution is 2.26. The number of benzene rings is 2. The Hall–Kier alpha value is -3.92. The van der Waals surface area contributed by atoms with Gasteiger partial charge in [0.1, 0.15) is 5.69 Å². The molecule has 1 N–H and O–H groups in total. The minimum atomic E-state index is -0.236. The summed E-state index contributed by atoms with van der Waals surface area (Å²) in [7, 11) is 0. The van der Waals surface area contributed by atoms with E-state index in [0.717, 1.165) is 28.7 Å². The zero-order valence-corrected chi connectivity index (χ0v) is 17.1. The second kappa shape index (κ2) is 7.84. The van der Waals surface area contributed by atoms with Crippen LogP contribution >= 0.6 is 0 Å². The molecule has 4 rings (SSSR count). The minimum absolute atomic E-state index is 0.0561. The molecule has 0 radical (unpaired) electrons. The standard InChI is InChI=1S/C23H22N6O/c1-4-28-14-19(13-25-28)29-21-10-18(9-8-17(21)12-26-29)27-23(30)20-7-5-6-16(11-24)22(20)15(2)3/h5-10,12-15H,4H2,1-3H3,(H,27,30). The molecule has 0 unspecified atom stereocenters. The molecule has 0 atom stereocenters. The van der Waals surface area contributed by atoms with Crippen molar-refractivity contribution >= 4 is 22.5 Å². The lowest BCUT2D eigenvalue weighted by molar-refractivity contribution is 0.102. The number of hydrogen-bond acceptors (Lipinski definition) is 4. The first-order chi connectivity index (χ1) is 14.5. The molecular weight excluding hydrogens is 376 g/mol. The predicted molar refractivity (Wildman–Crippen MR) is 116 cm³/mol. The predicted octanol–water partition coefficient (Wildman–Crippen LogP) is 4.49. The number of aromatic nitrogens is 4. The van der Waals surface area contributed by atoms with Crippen molar-refractivity contribution in [3.05, 3.63) is 71.7 Å². The maximum absolute atomic E-state index is 13.0. The van der Waals surface area contributed by atoms with Crippen LogP contribution in [0.15, 0.2) is 55.0 Å². The zero-order valence-electron chi connectivity index (χ0n) is 17.1. The van der Waals surface area contributed by atoms with E-state index in [9.17, 15) is 10.1 Å². The molecule has 0 aliphatic carbocycles. The topological polar surface area (TPSA) is 88.5 Å². The Kier molecular flexibility index (Phi) is 5.07. The van der Waals surface area contributed by atoms with Crippen molar-refractivity contribution in [1.29, 1.82) is 5.26 Å². The van der Waals surface area contributed by atoms with Crippen LogP contribution in [0.1, 0.15) is 48.2 Å². The van der Waals surface area contributed by atoms with E-state index in [0.29, 0.717) is 16.8 Å². The molecule has 0 saturated carbocycles. The molecule has 30 heavy (non-hydrogen) atoms. The van der Waals surface area contributed by atoms with E-state index in [1.165, 1.54) is 0 Å². The van der Waals surface area contributed by atoms with Crippen LogP contribution in [0, 0.1) is 11.3 Å². The van der Waals surface area contributed by atoms with Gasteiger partial charge in [0.25, 0.3) is 5.91 Å². The monoisotopic (exact) mass is 398 g/mol. The van der Waals surface area contributed by atoms with Gasteiger partial charge in [0.2, 0.25) is 0 Å². The third-order valence-electron chi connectivity index (χ3n) is 5.07. The molecule has 2 heterocycles. The summed E-state index contributed by atoms with van der Waals surface area (Å²) < 4.78 is 3.64. The van der Waals surface area contributed by atoms with Gasteiger partial charge in [0.05, 0.1) is 35.7 Å². The number of nitrogens with zero attached hydrogens (tertiary/aromatic N) is 5. The molecule has 7 heteroatoms. The van der Waals surface area contributed by atoms with Gasteiger partial charge in [-0.2, -0.15) is 15.5 Å². The SMILES string of the molecule is CCn1cc(-n2ncc3ccc(NC(=O)c4cccc(C#N)c4C(C)C)cc32)cn1. The highest BCUT2D eigenvalue weighted by Gasteiger charge is 2.18. The molecule has 2 aromatic heterocycles. The third-order valence-corrected chi connectivity index (χ3v) is 5.07. The second-order valence-corrected chi connectivity index (χ2v) is 7.37. The van der Waals surface area contributed by atoms with Crippen LogP contribution in [0.4, 0.5) is 5.69 Å². The first-order valence-electron chi connectivity index (χ1n) is 9.86. The Morgan fingerprint density at radius 2 is 2.03 bits per heavy atom. The Bertz CT molecular complexity index is 1270. The van der Waals surface area contributed by atoms with E-state index in [-0.39, 0.29) is 11.8 Å². The molecule has 4 aromatic rings. The van der Waals surface area contributed by atoms with Crippen LogP contribution in [0.2, 0.25) is 0 Å². The molecule has 0 fully saturated rings. The molecule has 150 valence electrons. The number of aryl methyl sites for hydroxylation is 1. The summed E-state index contributed by atoms with van der Waals surface area (Å²) in [6.45, 7) is 6.76. The number of rotatable bonds is 5. The first-order valence-corrected chi connectivity index (χ1v) is 9.86. The number of nitrogens with one attached hydrogen (secondary N) is 1. The van der Waals surface area contributed by atoms with Crippen molar-refractivity contribution in [3.8, 4) is 11.8 Å². The van der Waals surface area contributed by atoms with Gasteiger partial charge < -0.3 is 5.32 Å². The molecule has 1 amide bonds. The molecule has 7 nitrogen and oxygen atoms in total. The highest BCUT2D eigenvalue weighted by molar-refractivity contribution is 6.06. The van der Waals surface area contributed by atoms with Gasteiger partial charge in [-0.25, -0.2) is 4.68 Å². The summed E-state index contributed by atoms with van der Waals surface area (Å²) in [6, 6.07) is 13.1. The van der Waals surface area contributed by atoms with Crippen LogP contribution in [0.3, 0.4) is 0 Å². The van der Waals surface area contributed by atoms with E-state index in [4.69, 9.17) is 0 Å². The summed E-state index contributed by atoms with van der Waals surface area (Å²) in [5.74, 6) is -0.180. The molecule has 0 aliphatic rings. The Balaban J connectivity index is 1.69. The number of amides is 1. The van der Waals surface area contributed by atoms with Crippen molar-refractivity contribution in [3.63, 3.8) is 0 Å². The number of carbonyl (C=O) groups is 1. The van der Waals surface area contributed by atoms with Gasteiger partial charge in [-0.1, -0.05) is 19.9 Å². The van der Waals surface area contributed by atoms with Gasteiger partial charge in [-0.15, -0.1) is 0 Å². The number of carbonyl (C=O) groups excluding carboxylic acids is 1. The molecular formula is C23H22N6O. The van der Waals surface area contributed by atoms with Crippen molar-refractivity contribution in [2.24, 2.45) is 0 Å². The number of anilines is 1. The third kappa shape index (κ3) is 3.44. The zero-order chi connectivity index (χ0) is 21.3. The van der Waals surface area contributed by atoms with Crippen molar-refractivity contribution in [2.45, 2.75) is 33.2 Å². The van der Waals surface area contributed by atoms with Gasteiger partial charge in [0, 0.05) is 23.2 Å². The van der Waals surface area contributed by atoms with Crippen LogP contribution in [-0.4, -0.2) is 25.5 Å². The fourth-order valence-electron chi connectivity index (χ4n) is 3.62. The van der Waals surface area contributed by atoms with Crippen LogP contribution in [0.25, 0.3) is 16.6 Å². The maximum Gasteiger partial charge on any atom is 0.255 e. The average molecular weight is 398 g/mol. The van der Waals surface area contributed by atoms with Gasteiger partial charge in [-0.05, 0) is 48.7 Å². The maximum atomic E-state index is 13.0. The summed E-state index contributed by atoms with van der Waals surface area (Å²) >= 11 is 0. The van der Waals surface area contributed by atoms with E-state index in [2.05, 4.69) is 21.6 Å². The van der Waals surface area contributed by atoms with E-state index < -0.39 is 0 Å². The summed E-state index contributed by atoms with van der Waals surface area (Å²) in [6.07, 6.45) is 5.49. The fraction of sp³-hybridized carbons (Fsp3) is 0.217. The minimum Gasteiger partial charge on any atom is -0.322 e. The summed E-state index contributed by atoms with van der Waals surface area (Å²) in [5, 5.41) is 22.1. The van der Waals surface area contributed by atoms with Crippen molar-refractivity contribution in [1.82, 2.24) is 19.6 Å². The van der Waals surface area contributed by atoms with Crippen LogP contribution in [0.5, 0.6) is 0 Å². The lowest BCUT2D eigenvalue weighted by Gasteiger charge is -2.14. The first kappa shape index (κ1) is 19.4. The average Bonchev–Trinajstić information content (AvgIpc) is 3.39. The lowest BCUT2D eigenvalue weighted by Crippen LogP contribution is -2.16. The number of nitriles is 1. The van der Waals surface area contributed by atoms with Crippen molar-refractivity contribution in [2.75, 3.05) is 5.32 Å². The number of fused-ring (bicyclic) bond motifs is 1. The Labute approximate surface area is 174 Å². The molecule has 0 spiro atoms. The molecule has 2 aromatic carbocycles. The van der Waals surface area contributed by atoms with E-state index >= 15 is 0 Å². The molecule has 0 aliphatic heterocycles. The van der Waals surface area contributed by atoms with Crippen LogP contribution in [-0.2, 0) is 6.54 Å². The highest BCUT2D eigenvalue weighted by atomic mass is 16.1. The van der Waals surface area contributed by atoms with Gasteiger partial charge in [0.15, 0.2) is 0 Å². The Morgan fingerprint density at radius 3 is 2.73 bits per heavy atom. The summed E-state index contributed by atoms with van der Waals surface area (Å²) in [4.78, 5) is 13.0. The largest absolute Gasteiger partial charge is 0.322 e. The van der Waals surface area contributed by atoms with Crippen LogP contribution < -0.4 is 5.32 Å². The smallest absolute Gasteiger partial charge is 0.255 e. The summed E-state index contributed by atoms with van der Waals surface area (Å²) in [5.41, 5.74) is 4.20. The lowest BCUT2D eigenvalue weighted by atomic mass is 9.92. The van der Waals surface area contributed by atoms with Gasteiger partial charge in [-0.3, -0.25) is 9.48 Å². The quantitative estimate of drug-likeness (QED) is 0.536. The van der Waals surface area contributed by atoms with E-state index in [1.807, 2.05) is 49.8 Å². The molecule has 0 bridgehead atoms. The van der Waals surface area contributed by atoms with Crippen molar-refractivity contribution < 1.29 is 4.79 Å². The second-order valence-electron chi connectivity index (χ2n) is 7.37.